The summed E-state index contributed by atoms with van der Waals surface area (Å²) in [4.78, 5) is 31.0. The number of nitrogens with one attached hydrogen (secondary N) is 2. The Balaban J connectivity index is 1.55. The molecule has 2 aliphatic carbocycles. The Labute approximate surface area is 142 Å². The maximum absolute atomic E-state index is 12.6. The number of aryl methyl sites for hydroxylation is 2. The highest BCUT2D eigenvalue weighted by Crippen LogP contribution is 2.48. The van der Waals surface area contributed by atoms with Gasteiger partial charge in [-0.05, 0) is 46.7 Å². The van der Waals surface area contributed by atoms with Gasteiger partial charge in [0.15, 0.2) is 11.6 Å². The summed E-state index contributed by atoms with van der Waals surface area (Å²) in [5.41, 5.74) is -0.203. The number of rotatable bonds is 7. The SMILES string of the molecule is Cc1nc(C(=O)NCC2(NC(=O)C3(CN(C)C)CC3)CC2)c(C)o1. The summed E-state index contributed by atoms with van der Waals surface area (Å²) in [6, 6.07) is 0. The van der Waals surface area contributed by atoms with Gasteiger partial charge in [-0.25, -0.2) is 4.98 Å². The second-order valence-electron chi connectivity index (χ2n) is 7.57. The molecule has 0 saturated heterocycles. The van der Waals surface area contributed by atoms with Crippen LogP contribution in [0.2, 0.25) is 0 Å². The summed E-state index contributed by atoms with van der Waals surface area (Å²) < 4.78 is 5.29. The van der Waals surface area contributed by atoms with Crippen molar-refractivity contribution in [3.8, 4) is 0 Å². The second-order valence-corrected chi connectivity index (χ2v) is 7.57. The molecule has 0 atom stereocenters. The molecule has 7 nitrogen and oxygen atoms in total. The number of carbonyl (C=O) groups is 2. The van der Waals surface area contributed by atoms with Gasteiger partial charge in [0.2, 0.25) is 5.91 Å². The number of nitrogens with zero attached hydrogens (tertiary/aromatic N) is 2. The van der Waals surface area contributed by atoms with Gasteiger partial charge in [-0.2, -0.15) is 0 Å². The summed E-state index contributed by atoms with van der Waals surface area (Å²) in [6.07, 6.45) is 3.68. The van der Waals surface area contributed by atoms with Gasteiger partial charge in [-0.15, -0.1) is 0 Å². The Hall–Kier alpha value is -1.89. The van der Waals surface area contributed by atoms with Crippen molar-refractivity contribution in [2.75, 3.05) is 27.2 Å². The highest BCUT2D eigenvalue weighted by atomic mass is 16.4. The van der Waals surface area contributed by atoms with Gasteiger partial charge in [-0.1, -0.05) is 0 Å². The van der Waals surface area contributed by atoms with Crippen molar-refractivity contribution >= 4 is 11.8 Å². The molecule has 1 heterocycles. The zero-order chi connectivity index (χ0) is 17.5. The normalized spacial score (nSPS) is 19.9. The minimum absolute atomic E-state index is 0.122. The lowest BCUT2D eigenvalue weighted by molar-refractivity contribution is -0.127. The van der Waals surface area contributed by atoms with E-state index in [4.69, 9.17) is 4.42 Å². The number of aromatic nitrogens is 1. The Morgan fingerprint density at radius 3 is 2.33 bits per heavy atom. The molecule has 2 fully saturated rings. The molecule has 0 radical (unpaired) electrons. The van der Waals surface area contributed by atoms with Crippen LogP contribution >= 0.6 is 0 Å². The van der Waals surface area contributed by atoms with Crippen LogP contribution < -0.4 is 10.6 Å². The first kappa shape index (κ1) is 17.0. The predicted molar refractivity (Wildman–Crippen MR) is 88.6 cm³/mol. The van der Waals surface area contributed by atoms with E-state index in [0.29, 0.717) is 23.9 Å². The largest absolute Gasteiger partial charge is 0.445 e. The van der Waals surface area contributed by atoms with E-state index in [1.54, 1.807) is 13.8 Å². The maximum atomic E-state index is 12.6. The van der Waals surface area contributed by atoms with Crippen molar-refractivity contribution < 1.29 is 14.0 Å². The molecule has 2 saturated carbocycles. The van der Waals surface area contributed by atoms with Crippen LogP contribution in [0.4, 0.5) is 0 Å². The van der Waals surface area contributed by atoms with Gasteiger partial charge in [0.05, 0.1) is 11.0 Å². The number of hydrogen-bond donors (Lipinski definition) is 2. The first-order valence-electron chi connectivity index (χ1n) is 8.45. The Bertz CT molecular complexity index is 657. The molecule has 0 aromatic carbocycles. The van der Waals surface area contributed by atoms with Crippen LogP contribution in [0.15, 0.2) is 4.42 Å². The Morgan fingerprint density at radius 1 is 1.21 bits per heavy atom. The van der Waals surface area contributed by atoms with E-state index in [1.807, 2.05) is 14.1 Å². The topological polar surface area (TPSA) is 87.5 Å². The predicted octanol–water partition coefficient (Wildman–Crippen LogP) is 1.01. The average Bonchev–Trinajstić information content (AvgIpc) is 3.39. The van der Waals surface area contributed by atoms with Crippen molar-refractivity contribution in [1.82, 2.24) is 20.5 Å². The lowest BCUT2D eigenvalue weighted by Crippen LogP contribution is -2.49. The average molecular weight is 334 g/mol. The number of hydrogen-bond acceptors (Lipinski definition) is 5. The molecule has 1 aromatic rings. The van der Waals surface area contributed by atoms with E-state index in [-0.39, 0.29) is 22.8 Å². The summed E-state index contributed by atoms with van der Waals surface area (Å²) in [5.74, 6) is 0.865. The van der Waals surface area contributed by atoms with Gasteiger partial charge in [0.1, 0.15) is 5.76 Å². The summed E-state index contributed by atoms with van der Waals surface area (Å²) in [6.45, 7) is 4.65. The van der Waals surface area contributed by atoms with Crippen LogP contribution in [0, 0.1) is 19.3 Å². The van der Waals surface area contributed by atoms with Crippen LogP contribution in [0.5, 0.6) is 0 Å². The van der Waals surface area contributed by atoms with Crippen LogP contribution in [0.25, 0.3) is 0 Å². The lowest BCUT2D eigenvalue weighted by Gasteiger charge is -2.24. The van der Waals surface area contributed by atoms with Gasteiger partial charge < -0.3 is 20.0 Å². The highest BCUT2D eigenvalue weighted by molar-refractivity contribution is 5.93. The molecule has 2 amide bonds. The molecular formula is C17H26N4O3. The summed E-state index contributed by atoms with van der Waals surface area (Å²) in [5, 5.41) is 6.07. The zero-order valence-electron chi connectivity index (χ0n) is 14.9. The fourth-order valence-electron chi connectivity index (χ4n) is 3.16. The third-order valence-corrected chi connectivity index (χ3v) is 4.89. The standard InChI is InChI=1S/C17H26N4O3/c1-11-13(19-12(2)24-11)14(22)18-9-17(7-8-17)20-15(23)16(5-6-16)10-21(3)4/h5-10H2,1-4H3,(H,18,22)(H,20,23). The smallest absolute Gasteiger partial charge is 0.273 e. The first-order chi connectivity index (χ1) is 11.3. The first-order valence-corrected chi connectivity index (χ1v) is 8.45. The molecule has 0 bridgehead atoms. The Morgan fingerprint density at radius 2 is 1.88 bits per heavy atom. The minimum Gasteiger partial charge on any atom is -0.445 e. The van der Waals surface area contributed by atoms with E-state index >= 15 is 0 Å². The van der Waals surface area contributed by atoms with Crippen LogP contribution in [-0.4, -0.2) is 54.4 Å². The molecule has 7 heteroatoms. The van der Waals surface area contributed by atoms with Crippen molar-refractivity contribution in [1.29, 1.82) is 0 Å². The maximum Gasteiger partial charge on any atom is 0.273 e. The van der Waals surface area contributed by atoms with Crippen LogP contribution in [-0.2, 0) is 4.79 Å². The van der Waals surface area contributed by atoms with E-state index in [0.717, 1.165) is 32.2 Å². The third-order valence-electron chi connectivity index (χ3n) is 4.89. The lowest BCUT2D eigenvalue weighted by atomic mass is 10.0. The van der Waals surface area contributed by atoms with E-state index in [9.17, 15) is 9.59 Å². The molecule has 0 aliphatic heterocycles. The molecular weight excluding hydrogens is 308 g/mol. The summed E-state index contributed by atoms with van der Waals surface area (Å²) >= 11 is 0. The van der Waals surface area contributed by atoms with Gasteiger partial charge in [0.25, 0.3) is 5.91 Å². The molecule has 2 N–H and O–H groups in total. The number of oxazole rings is 1. The van der Waals surface area contributed by atoms with E-state index in [2.05, 4.69) is 20.5 Å². The van der Waals surface area contributed by atoms with Crippen LogP contribution in [0.1, 0.15) is 47.8 Å². The van der Waals surface area contributed by atoms with Crippen molar-refractivity contribution in [2.24, 2.45) is 5.41 Å². The van der Waals surface area contributed by atoms with E-state index in [1.165, 1.54) is 0 Å². The quantitative estimate of drug-likeness (QED) is 0.777. The molecule has 132 valence electrons. The molecule has 1 aromatic heterocycles. The second kappa shape index (κ2) is 5.88. The molecule has 3 rings (SSSR count). The summed E-state index contributed by atoms with van der Waals surface area (Å²) in [7, 11) is 3.98. The van der Waals surface area contributed by atoms with E-state index < -0.39 is 0 Å². The molecule has 2 aliphatic rings. The van der Waals surface area contributed by atoms with Gasteiger partial charge >= 0.3 is 0 Å². The van der Waals surface area contributed by atoms with Crippen LogP contribution in [0.3, 0.4) is 0 Å². The van der Waals surface area contributed by atoms with Crippen molar-refractivity contribution in [2.45, 2.75) is 45.1 Å². The third kappa shape index (κ3) is 3.45. The monoisotopic (exact) mass is 334 g/mol. The van der Waals surface area contributed by atoms with Crippen molar-refractivity contribution in [3.05, 3.63) is 17.3 Å². The molecule has 24 heavy (non-hydrogen) atoms. The fourth-order valence-corrected chi connectivity index (χ4v) is 3.16. The van der Waals surface area contributed by atoms with Crippen molar-refractivity contribution in [3.63, 3.8) is 0 Å². The minimum atomic E-state index is -0.290. The fraction of sp³-hybridized carbons (Fsp3) is 0.706. The zero-order valence-corrected chi connectivity index (χ0v) is 14.9. The molecule has 0 spiro atoms. The molecule has 0 unspecified atom stereocenters. The van der Waals surface area contributed by atoms with Gasteiger partial charge in [-0.3, -0.25) is 9.59 Å². The van der Waals surface area contributed by atoms with Gasteiger partial charge in [0, 0.05) is 20.0 Å². The Kier molecular flexibility index (Phi) is 4.15. The number of amides is 2. The number of carbonyl (C=O) groups excluding carboxylic acids is 2. The highest BCUT2D eigenvalue weighted by Gasteiger charge is 2.54.